The van der Waals surface area contributed by atoms with Crippen molar-refractivity contribution in [3.8, 4) is 0 Å². The second-order valence-electron chi connectivity index (χ2n) is 12.6. The van der Waals surface area contributed by atoms with Gasteiger partial charge in [-0.15, -0.1) is 0 Å². The van der Waals surface area contributed by atoms with Crippen molar-refractivity contribution in [2.75, 3.05) is 6.54 Å². The Morgan fingerprint density at radius 2 is 1.79 bits per heavy atom. The summed E-state index contributed by atoms with van der Waals surface area (Å²) in [6.45, 7) is 11.7. The van der Waals surface area contributed by atoms with Crippen molar-refractivity contribution in [3.63, 3.8) is 0 Å². The first-order valence-corrected chi connectivity index (χ1v) is 12.8. The van der Waals surface area contributed by atoms with Crippen LogP contribution in [0.1, 0.15) is 85.5 Å². The number of nitrogens with zero attached hydrogens (tertiary/aromatic N) is 1. The van der Waals surface area contributed by atoms with E-state index in [1.54, 1.807) is 0 Å². The summed E-state index contributed by atoms with van der Waals surface area (Å²) in [6, 6.07) is 1.74. The van der Waals surface area contributed by atoms with E-state index in [4.69, 9.17) is 0 Å². The lowest BCUT2D eigenvalue weighted by atomic mass is 9.46. The molecule has 2 heteroatoms. The van der Waals surface area contributed by atoms with Gasteiger partial charge in [0.1, 0.15) is 0 Å². The Labute approximate surface area is 177 Å². The normalized spacial score (nSPS) is 56.7. The molecule has 6 rings (SSSR count). The highest BCUT2D eigenvalue weighted by Gasteiger charge is 2.66. The average Bonchev–Trinajstić information content (AvgIpc) is 3.15. The minimum absolute atomic E-state index is 0.323. The summed E-state index contributed by atoms with van der Waals surface area (Å²) < 4.78 is 0. The van der Waals surface area contributed by atoms with Crippen LogP contribution < -0.4 is 0 Å². The lowest BCUT2D eigenvalue weighted by molar-refractivity contribution is -0.117. The molecule has 0 aromatic heterocycles. The highest BCUT2D eigenvalue weighted by molar-refractivity contribution is 5.91. The largest absolute Gasteiger partial charge is 0.297 e. The third kappa shape index (κ3) is 2.42. The predicted octanol–water partition coefficient (Wildman–Crippen LogP) is 5.86. The van der Waals surface area contributed by atoms with E-state index >= 15 is 0 Å². The summed E-state index contributed by atoms with van der Waals surface area (Å²) in [5.74, 6) is 5.77. The molecule has 0 N–H and O–H groups in total. The molecule has 4 aliphatic carbocycles. The van der Waals surface area contributed by atoms with Gasteiger partial charge >= 0.3 is 0 Å². The molecule has 0 spiro atoms. The van der Waals surface area contributed by atoms with Crippen LogP contribution in [0.15, 0.2) is 11.6 Å². The highest BCUT2D eigenvalue weighted by atomic mass is 16.1. The number of fused-ring (bicyclic) bond motifs is 9. The summed E-state index contributed by atoms with van der Waals surface area (Å²) in [4.78, 5) is 15.1. The van der Waals surface area contributed by atoms with E-state index in [2.05, 4.69) is 38.7 Å². The number of ketones is 1. The van der Waals surface area contributed by atoms with Crippen LogP contribution in [0.2, 0.25) is 0 Å². The van der Waals surface area contributed by atoms with Gasteiger partial charge in [0, 0.05) is 25.0 Å². The third-order valence-corrected chi connectivity index (χ3v) is 11.6. The summed E-state index contributed by atoms with van der Waals surface area (Å²) in [6.07, 6.45) is 13.8. The molecular weight excluding hydrogens is 354 g/mol. The fraction of sp³-hybridized carbons (Fsp3) is 0.889. The van der Waals surface area contributed by atoms with Crippen LogP contribution in [0.4, 0.5) is 0 Å². The van der Waals surface area contributed by atoms with E-state index in [9.17, 15) is 4.79 Å². The number of carbonyl (C=O) groups is 1. The van der Waals surface area contributed by atoms with Crippen molar-refractivity contribution in [1.82, 2.24) is 4.90 Å². The van der Waals surface area contributed by atoms with E-state index in [1.165, 1.54) is 57.1 Å². The number of piperidine rings is 1. The molecule has 2 nitrogen and oxygen atoms in total. The van der Waals surface area contributed by atoms with Crippen LogP contribution >= 0.6 is 0 Å². The van der Waals surface area contributed by atoms with Gasteiger partial charge in [-0.2, -0.15) is 0 Å². The standard InChI is InChI=1S/C27H41NO/c1-16-5-8-23-17(2)25-24(28(23)15-16)14-22-20-7-6-18-13-19(29)9-11-26(18,3)21(20)10-12-27(22,25)4/h13,16-17,20-25H,5-12,14-15H2,1-4H3/t16-,17+,20-,21+,22+,23+,24-,25-,26+,27-/m0/s1. The zero-order valence-corrected chi connectivity index (χ0v) is 19.1. The molecule has 0 aromatic rings. The Bertz CT molecular complexity index is 756. The average molecular weight is 396 g/mol. The minimum Gasteiger partial charge on any atom is -0.297 e. The summed E-state index contributed by atoms with van der Waals surface area (Å²) in [5, 5.41) is 0. The van der Waals surface area contributed by atoms with Crippen molar-refractivity contribution in [1.29, 1.82) is 0 Å². The second kappa shape index (κ2) is 6.21. The third-order valence-electron chi connectivity index (χ3n) is 11.6. The summed E-state index contributed by atoms with van der Waals surface area (Å²) in [5.41, 5.74) is 2.41. The number of carbonyl (C=O) groups excluding carboxylic acids is 1. The zero-order chi connectivity index (χ0) is 20.1. The lowest BCUT2D eigenvalue weighted by Crippen LogP contribution is -2.51. The summed E-state index contributed by atoms with van der Waals surface area (Å²) >= 11 is 0. The van der Waals surface area contributed by atoms with E-state index < -0.39 is 0 Å². The Hall–Kier alpha value is -0.630. The Morgan fingerprint density at radius 1 is 0.966 bits per heavy atom. The molecule has 2 saturated heterocycles. The topological polar surface area (TPSA) is 20.3 Å². The van der Waals surface area contributed by atoms with Crippen LogP contribution in [0, 0.1) is 46.3 Å². The van der Waals surface area contributed by atoms with Gasteiger partial charge in [0.25, 0.3) is 0 Å². The SMILES string of the molecule is C[C@H]1CC[C@@H]2[C@@H](C)[C@H]3[C@H](C[C@@H]4[C@H]5CCC6=CC(=O)CC[C@@]6(C)[C@@H]5CC[C@]34C)N2C1. The van der Waals surface area contributed by atoms with Gasteiger partial charge in [0.05, 0.1) is 0 Å². The van der Waals surface area contributed by atoms with Gasteiger partial charge in [0.2, 0.25) is 0 Å². The molecular formula is C27H41NO. The first kappa shape index (κ1) is 19.1. The molecule has 0 aromatic carbocycles. The molecule has 0 amide bonds. The Kier molecular flexibility index (Phi) is 4.09. The van der Waals surface area contributed by atoms with Crippen LogP contribution in [0.5, 0.6) is 0 Å². The fourth-order valence-corrected chi connectivity index (χ4v) is 10.3. The number of hydrogen-bond donors (Lipinski definition) is 0. The minimum atomic E-state index is 0.323. The zero-order valence-electron chi connectivity index (χ0n) is 19.1. The van der Waals surface area contributed by atoms with Crippen molar-refractivity contribution in [3.05, 3.63) is 11.6 Å². The first-order valence-electron chi connectivity index (χ1n) is 12.8. The lowest BCUT2D eigenvalue weighted by Gasteiger charge is -2.58. The van der Waals surface area contributed by atoms with E-state index in [1.807, 2.05) is 0 Å². The maximum atomic E-state index is 12.1. The number of hydrogen-bond acceptors (Lipinski definition) is 2. The summed E-state index contributed by atoms with van der Waals surface area (Å²) in [7, 11) is 0. The second-order valence-corrected chi connectivity index (χ2v) is 12.6. The van der Waals surface area contributed by atoms with Crippen LogP contribution in [0.3, 0.4) is 0 Å². The van der Waals surface area contributed by atoms with Crippen molar-refractivity contribution >= 4 is 5.78 Å². The Morgan fingerprint density at radius 3 is 2.62 bits per heavy atom. The van der Waals surface area contributed by atoms with Gasteiger partial charge < -0.3 is 0 Å². The maximum absolute atomic E-state index is 12.1. The molecule has 2 heterocycles. The quantitative estimate of drug-likeness (QED) is 0.512. The molecule has 6 aliphatic rings. The monoisotopic (exact) mass is 395 g/mol. The Balaban J connectivity index is 1.33. The van der Waals surface area contributed by atoms with E-state index in [0.29, 0.717) is 16.6 Å². The van der Waals surface area contributed by atoms with Crippen LogP contribution in [0.25, 0.3) is 0 Å². The smallest absolute Gasteiger partial charge is 0.155 e. The molecule has 0 radical (unpaired) electrons. The van der Waals surface area contributed by atoms with Crippen molar-refractivity contribution < 1.29 is 4.79 Å². The first-order chi connectivity index (χ1) is 13.8. The molecule has 29 heavy (non-hydrogen) atoms. The van der Waals surface area contributed by atoms with Crippen molar-refractivity contribution in [2.24, 2.45) is 46.3 Å². The van der Waals surface area contributed by atoms with E-state index in [-0.39, 0.29) is 0 Å². The molecule has 0 unspecified atom stereocenters. The van der Waals surface area contributed by atoms with Crippen molar-refractivity contribution in [2.45, 2.75) is 97.6 Å². The van der Waals surface area contributed by atoms with Gasteiger partial charge in [-0.3, -0.25) is 9.69 Å². The van der Waals surface area contributed by atoms with E-state index in [0.717, 1.165) is 60.4 Å². The van der Waals surface area contributed by atoms with Gasteiger partial charge in [-0.1, -0.05) is 33.3 Å². The molecule has 2 aliphatic heterocycles. The van der Waals surface area contributed by atoms with Crippen LogP contribution in [-0.2, 0) is 4.79 Å². The van der Waals surface area contributed by atoms with Gasteiger partial charge in [-0.05, 0) is 104 Å². The highest BCUT2D eigenvalue weighted by Crippen LogP contribution is 2.70. The predicted molar refractivity (Wildman–Crippen MR) is 117 cm³/mol. The molecule has 0 bridgehead atoms. The molecule has 5 fully saturated rings. The number of rotatable bonds is 0. The fourth-order valence-electron chi connectivity index (χ4n) is 10.3. The van der Waals surface area contributed by atoms with Crippen LogP contribution in [-0.4, -0.2) is 29.3 Å². The molecule has 3 saturated carbocycles. The van der Waals surface area contributed by atoms with Gasteiger partial charge in [-0.25, -0.2) is 0 Å². The number of allylic oxidation sites excluding steroid dienone is 1. The maximum Gasteiger partial charge on any atom is 0.155 e. The molecule has 10 atom stereocenters. The molecule has 160 valence electrons. The van der Waals surface area contributed by atoms with Gasteiger partial charge in [0.15, 0.2) is 5.78 Å².